The van der Waals surface area contributed by atoms with Crippen LogP contribution in [0.5, 0.6) is 0 Å². The molecule has 0 aliphatic rings. The molecule has 0 aliphatic heterocycles. The van der Waals surface area contributed by atoms with Crippen molar-refractivity contribution >= 4 is 17.7 Å². The number of hydrogen-bond acceptors (Lipinski definition) is 4. The van der Waals surface area contributed by atoms with Gasteiger partial charge in [-0.1, -0.05) is 17.8 Å². The van der Waals surface area contributed by atoms with Crippen molar-refractivity contribution < 1.29 is 9.53 Å². The number of aromatic nitrogens is 1. The van der Waals surface area contributed by atoms with Crippen LogP contribution in [0.4, 0.5) is 0 Å². The first-order chi connectivity index (χ1) is 6.72. The van der Waals surface area contributed by atoms with Crippen molar-refractivity contribution in [2.24, 2.45) is 0 Å². The van der Waals surface area contributed by atoms with Crippen molar-refractivity contribution in [3.05, 3.63) is 35.4 Å². The number of rotatable bonds is 3. The molecule has 0 atom stereocenters. The van der Waals surface area contributed by atoms with Gasteiger partial charge >= 0.3 is 5.97 Å². The highest BCUT2D eigenvalue weighted by Crippen LogP contribution is 2.23. The second kappa shape index (κ2) is 5.44. The molecule has 4 heteroatoms. The number of pyridine rings is 1. The number of thioether (sulfide) groups is 1. The molecule has 74 valence electrons. The normalized spacial score (nSPS) is 11.1. The molecule has 1 heterocycles. The first-order valence-corrected chi connectivity index (χ1v) is 4.89. The molecule has 1 aromatic heterocycles. The number of allylic oxidation sites excluding steroid dienone is 1. The molecule has 0 spiro atoms. The van der Waals surface area contributed by atoms with Crippen molar-refractivity contribution in [1.82, 2.24) is 4.98 Å². The van der Waals surface area contributed by atoms with Crippen LogP contribution in [0, 0.1) is 0 Å². The van der Waals surface area contributed by atoms with E-state index in [1.165, 1.54) is 24.9 Å². The molecule has 0 aliphatic carbocycles. The fourth-order valence-electron chi connectivity index (χ4n) is 0.827. The Morgan fingerprint density at radius 3 is 2.93 bits per heavy atom. The predicted octanol–water partition coefficient (Wildman–Crippen LogP) is 2.25. The minimum Gasteiger partial charge on any atom is -0.466 e. The zero-order valence-corrected chi connectivity index (χ0v) is 8.88. The summed E-state index contributed by atoms with van der Waals surface area (Å²) in [4.78, 5) is 15.9. The Labute approximate surface area is 87.2 Å². The Bertz CT molecular complexity index is 335. The van der Waals surface area contributed by atoms with Crippen molar-refractivity contribution in [2.75, 3.05) is 7.11 Å². The molecule has 1 aromatic rings. The van der Waals surface area contributed by atoms with Gasteiger partial charge in [-0.2, -0.15) is 0 Å². The third-order valence-electron chi connectivity index (χ3n) is 1.43. The average molecular weight is 209 g/mol. The Morgan fingerprint density at radius 2 is 2.36 bits per heavy atom. The van der Waals surface area contributed by atoms with E-state index in [0.717, 1.165) is 9.93 Å². The molecule has 14 heavy (non-hydrogen) atoms. The third-order valence-corrected chi connectivity index (χ3v) is 2.32. The predicted molar refractivity (Wildman–Crippen MR) is 55.9 cm³/mol. The first-order valence-electron chi connectivity index (χ1n) is 4.07. The number of esters is 1. The summed E-state index contributed by atoms with van der Waals surface area (Å²) in [6, 6.07) is 5.64. The second-order valence-electron chi connectivity index (χ2n) is 2.55. The van der Waals surface area contributed by atoms with Crippen molar-refractivity contribution in [2.45, 2.75) is 11.9 Å². The molecule has 0 saturated heterocycles. The highest BCUT2D eigenvalue weighted by atomic mass is 32.2. The molecule has 0 saturated carbocycles. The zero-order valence-electron chi connectivity index (χ0n) is 8.06. The van der Waals surface area contributed by atoms with Crippen LogP contribution in [0.25, 0.3) is 0 Å². The maximum absolute atomic E-state index is 10.9. The standard InChI is InChI=1S/C10H11NO2S/c1-8(7-10(12)13-2)14-9-5-3-4-6-11-9/h3-7H,1-2H3/b8-7+. The molecule has 0 unspecified atom stereocenters. The summed E-state index contributed by atoms with van der Waals surface area (Å²) in [5.74, 6) is -0.342. The third kappa shape index (κ3) is 3.62. The maximum Gasteiger partial charge on any atom is 0.331 e. The van der Waals surface area contributed by atoms with Crippen LogP contribution >= 0.6 is 11.8 Å². The molecular weight excluding hydrogens is 198 g/mol. The monoisotopic (exact) mass is 209 g/mol. The maximum atomic E-state index is 10.9. The summed E-state index contributed by atoms with van der Waals surface area (Å²) in [6.07, 6.45) is 3.16. The summed E-state index contributed by atoms with van der Waals surface area (Å²) in [5.41, 5.74) is 0. The van der Waals surface area contributed by atoms with Crippen LogP contribution in [0.1, 0.15) is 6.92 Å². The van der Waals surface area contributed by atoms with Crippen LogP contribution in [0.2, 0.25) is 0 Å². The Balaban J connectivity index is 2.61. The number of nitrogens with zero attached hydrogens (tertiary/aromatic N) is 1. The summed E-state index contributed by atoms with van der Waals surface area (Å²) in [7, 11) is 1.36. The number of methoxy groups -OCH3 is 1. The molecule has 0 aromatic carbocycles. The van der Waals surface area contributed by atoms with E-state index in [0.29, 0.717) is 0 Å². The molecule has 3 nitrogen and oxygen atoms in total. The van der Waals surface area contributed by atoms with E-state index in [1.807, 2.05) is 25.1 Å². The quantitative estimate of drug-likeness (QED) is 0.435. The molecule has 0 N–H and O–H groups in total. The van der Waals surface area contributed by atoms with E-state index in [4.69, 9.17) is 0 Å². The van der Waals surface area contributed by atoms with E-state index in [9.17, 15) is 4.79 Å². The molecule has 0 fully saturated rings. The number of ether oxygens (including phenoxy) is 1. The first kappa shape index (κ1) is 10.8. The SMILES string of the molecule is COC(=O)/C=C(\C)Sc1ccccn1. The molecular formula is C10H11NO2S. The fraction of sp³-hybridized carbons (Fsp3) is 0.200. The number of carbonyl (C=O) groups is 1. The van der Waals surface area contributed by atoms with E-state index in [2.05, 4.69) is 9.72 Å². The lowest BCUT2D eigenvalue weighted by molar-refractivity contribution is -0.134. The van der Waals surface area contributed by atoms with Gasteiger partial charge in [-0.25, -0.2) is 9.78 Å². The van der Waals surface area contributed by atoms with Gasteiger partial charge in [0.1, 0.15) is 5.03 Å². The Hall–Kier alpha value is -1.29. The van der Waals surface area contributed by atoms with Crippen LogP contribution < -0.4 is 0 Å². The smallest absolute Gasteiger partial charge is 0.331 e. The lowest BCUT2D eigenvalue weighted by atomic mass is 10.5. The molecule has 0 amide bonds. The summed E-state index contributed by atoms with van der Waals surface area (Å²) in [5, 5.41) is 0.866. The summed E-state index contributed by atoms with van der Waals surface area (Å²) < 4.78 is 4.51. The highest BCUT2D eigenvalue weighted by Gasteiger charge is 1.99. The van der Waals surface area contributed by atoms with Crippen molar-refractivity contribution in [3.63, 3.8) is 0 Å². The molecule has 1 rings (SSSR count). The minimum absolute atomic E-state index is 0.342. The zero-order chi connectivity index (χ0) is 10.4. The van der Waals surface area contributed by atoms with Crippen molar-refractivity contribution in [1.29, 1.82) is 0 Å². The van der Waals surface area contributed by atoms with E-state index in [-0.39, 0.29) is 5.97 Å². The van der Waals surface area contributed by atoms with Crippen LogP contribution in [-0.4, -0.2) is 18.1 Å². The van der Waals surface area contributed by atoms with Gasteiger partial charge in [0.25, 0.3) is 0 Å². The van der Waals surface area contributed by atoms with Gasteiger partial charge in [0.15, 0.2) is 0 Å². The van der Waals surface area contributed by atoms with Gasteiger partial charge < -0.3 is 4.74 Å². The Morgan fingerprint density at radius 1 is 1.57 bits per heavy atom. The van der Waals surface area contributed by atoms with Gasteiger partial charge in [0.05, 0.1) is 7.11 Å². The molecule has 0 radical (unpaired) electrons. The van der Waals surface area contributed by atoms with Gasteiger partial charge in [0.2, 0.25) is 0 Å². The van der Waals surface area contributed by atoms with Gasteiger partial charge in [-0.15, -0.1) is 0 Å². The average Bonchev–Trinajstić information content (AvgIpc) is 2.19. The number of carbonyl (C=O) groups excluding carboxylic acids is 1. The van der Waals surface area contributed by atoms with Gasteiger partial charge in [-0.3, -0.25) is 0 Å². The summed E-state index contributed by atoms with van der Waals surface area (Å²) >= 11 is 1.44. The topological polar surface area (TPSA) is 39.2 Å². The van der Waals surface area contributed by atoms with Gasteiger partial charge in [-0.05, 0) is 24.0 Å². The lowest BCUT2D eigenvalue weighted by Crippen LogP contribution is -1.94. The van der Waals surface area contributed by atoms with Crippen LogP contribution in [0.3, 0.4) is 0 Å². The Kier molecular flexibility index (Phi) is 4.19. The van der Waals surface area contributed by atoms with Crippen LogP contribution in [-0.2, 0) is 9.53 Å². The van der Waals surface area contributed by atoms with Gasteiger partial charge in [0, 0.05) is 12.3 Å². The highest BCUT2D eigenvalue weighted by molar-refractivity contribution is 8.03. The van der Waals surface area contributed by atoms with E-state index in [1.54, 1.807) is 6.20 Å². The lowest BCUT2D eigenvalue weighted by Gasteiger charge is -1.99. The van der Waals surface area contributed by atoms with Crippen LogP contribution in [0.15, 0.2) is 40.4 Å². The van der Waals surface area contributed by atoms with E-state index >= 15 is 0 Å². The number of hydrogen-bond donors (Lipinski definition) is 0. The summed E-state index contributed by atoms with van der Waals surface area (Å²) in [6.45, 7) is 1.84. The fourth-order valence-corrected chi connectivity index (χ4v) is 1.57. The van der Waals surface area contributed by atoms with E-state index < -0.39 is 0 Å². The van der Waals surface area contributed by atoms with Crippen molar-refractivity contribution in [3.8, 4) is 0 Å². The minimum atomic E-state index is -0.342. The second-order valence-corrected chi connectivity index (χ2v) is 3.81. The molecule has 0 bridgehead atoms. The largest absolute Gasteiger partial charge is 0.466 e.